The number of nitrogens with one attached hydrogen (secondary N) is 2. The topological polar surface area (TPSA) is 66.0 Å². The number of hydrogen-bond acceptors (Lipinski definition) is 3. The lowest BCUT2D eigenvalue weighted by atomic mass is 10.2. The maximum atomic E-state index is 11.8. The number of hydrogen-bond donors (Lipinski definition) is 2. The Kier molecular flexibility index (Phi) is 12.6. The predicted octanol–water partition coefficient (Wildman–Crippen LogP) is 2.68. The molecule has 0 atom stereocenters. The lowest BCUT2D eigenvalue weighted by Crippen LogP contribution is -2.43. The van der Waals surface area contributed by atoms with Gasteiger partial charge in [0.25, 0.3) is 0 Å². The Morgan fingerprint density at radius 2 is 1.86 bits per heavy atom. The van der Waals surface area contributed by atoms with E-state index in [0.717, 1.165) is 19.0 Å². The Hall–Kier alpha value is -0.730. The summed E-state index contributed by atoms with van der Waals surface area (Å²) >= 11 is 0. The summed E-state index contributed by atoms with van der Waals surface area (Å²) in [5.41, 5.74) is -0.466. The minimum atomic E-state index is -0.466. The summed E-state index contributed by atoms with van der Waals surface area (Å²) in [7, 11) is 1.73. The van der Waals surface area contributed by atoms with Crippen LogP contribution in [-0.2, 0) is 4.74 Å². The zero-order valence-corrected chi connectivity index (χ0v) is 17.4. The highest BCUT2D eigenvalue weighted by molar-refractivity contribution is 14.0. The summed E-state index contributed by atoms with van der Waals surface area (Å²) in [6.07, 6.45) is -0.312. The first-order valence-electron chi connectivity index (χ1n) is 7.62. The van der Waals surface area contributed by atoms with Crippen LogP contribution in [-0.4, -0.2) is 55.8 Å². The average molecular weight is 428 g/mol. The van der Waals surface area contributed by atoms with Crippen molar-refractivity contribution in [1.29, 1.82) is 0 Å². The predicted molar refractivity (Wildman–Crippen MR) is 103 cm³/mol. The lowest BCUT2D eigenvalue weighted by Gasteiger charge is -2.25. The van der Waals surface area contributed by atoms with Crippen molar-refractivity contribution in [3.63, 3.8) is 0 Å². The molecule has 0 aromatic carbocycles. The van der Waals surface area contributed by atoms with Crippen molar-refractivity contribution >= 4 is 36.0 Å². The number of aliphatic imine (C=N–C) groups is 1. The molecule has 0 bridgehead atoms. The molecule has 0 saturated carbocycles. The number of ether oxygens (including phenoxy) is 1. The fourth-order valence-corrected chi connectivity index (χ4v) is 1.39. The smallest absolute Gasteiger partial charge is 0.410 e. The van der Waals surface area contributed by atoms with Gasteiger partial charge in [-0.3, -0.25) is 4.99 Å². The van der Waals surface area contributed by atoms with Gasteiger partial charge in [0, 0.05) is 33.2 Å². The molecular weight excluding hydrogens is 395 g/mol. The van der Waals surface area contributed by atoms with Gasteiger partial charge in [0.1, 0.15) is 5.60 Å². The Morgan fingerprint density at radius 3 is 2.32 bits per heavy atom. The second-order valence-corrected chi connectivity index (χ2v) is 6.44. The van der Waals surface area contributed by atoms with Crippen LogP contribution in [0.3, 0.4) is 0 Å². The van der Waals surface area contributed by atoms with Crippen LogP contribution in [0.5, 0.6) is 0 Å². The monoisotopic (exact) mass is 428 g/mol. The second kappa shape index (κ2) is 11.8. The third-order valence-electron chi connectivity index (χ3n) is 2.40. The molecule has 0 aliphatic rings. The molecule has 0 aliphatic carbocycles. The molecule has 0 heterocycles. The van der Waals surface area contributed by atoms with Crippen molar-refractivity contribution in [3.8, 4) is 0 Å². The average Bonchev–Trinajstić information content (AvgIpc) is 2.33. The number of halogens is 1. The van der Waals surface area contributed by atoms with Gasteiger partial charge in [-0.2, -0.15) is 0 Å². The normalized spacial score (nSPS) is 11.7. The van der Waals surface area contributed by atoms with Crippen LogP contribution < -0.4 is 10.6 Å². The third kappa shape index (κ3) is 13.0. The minimum absolute atomic E-state index is 0. The number of guanidine groups is 1. The fourth-order valence-electron chi connectivity index (χ4n) is 1.39. The first kappa shape index (κ1) is 23.5. The first-order chi connectivity index (χ1) is 9.65. The van der Waals surface area contributed by atoms with E-state index in [-0.39, 0.29) is 30.1 Å². The van der Waals surface area contributed by atoms with Gasteiger partial charge in [0.15, 0.2) is 5.96 Å². The Bertz CT molecular complexity index is 341. The van der Waals surface area contributed by atoms with Gasteiger partial charge in [0.2, 0.25) is 0 Å². The van der Waals surface area contributed by atoms with Crippen LogP contribution in [0, 0.1) is 5.92 Å². The molecule has 7 heteroatoms. The maximum absolute atomic E-state index is 11.8. The van der Waals surface area contributed by atoms with E-state index in [4.69, 9.17) is 4.74 Å². The van der Waals surface area contributed by atoms with Crippen LogP contribution in [0.4, 0.5) is 4.79 Å². The number of carbonyl (C=O) groups is 1. The quantitative estimate of drug-likeness (QED) is 0.388. The minimum Gasteiger partial charge on any atom is -0.444 e. The summed E-state index contributed by atoms with van der Waals surface area (Å²) in [6, 6.07) is 0. The van der Waals surface area contributed by atoms with Crippen molar-refractivity contribution in [2.24, 2.45) is 10.9 Å². The molecule has 22 heavy (non-hydrogen) atoms. The van der Waals surface area contributed by atoms with E-state index in [9.17, 15) is 4.79 Å². The first-order valence-corrected chi connectivity index (χ1v) is 7.62. The zero-order chi connectivity index (χ0) is 16.5. The molecule has 0 unspecified atom stereocenters. The summed E-state index contributed by atoms with van der Waals surface area (Å²) < 4.78 is 5.30. The van der Waals surface area contributed by atoms with E-state index in [1.54, 1.807) is 11.9 Å². The summed E-state index contributed by atoms with van der Waals surface area (Å²) in [6.45, 7) is 14.6. The summed E-state index contributed by atoms with van der Waals surface area (Å²) in [5.74, 6) is 1.30. The van der Waals surface area contributed by atoms with Gasteiger partial charge in [-0.25, -0.2) is 4.79 Å². The van der Waals surface area contributed by atoms with E-state index in [1.165, 1.54) is 0 Å². The van der Waals surface area contributed by atoms with Gasteiger partial charge in [-0.05, 0) is 33.6 Å². The van der Waals surface area contributed by atoms with E-state index >= 15 is 0 Å². The molecule has 0 spiro atoms. The van der Waals surface area contributed by atoms with E-state index in [1.807, 2.05) is 27.7 Å². The van der Waals surface area contributed by atoms with Crippen molar-refractivity contribution in [1.82, 2.24) is 15.5 Å². The maximum Gasteiger partial charge on any atom is 0.410 e. The molecule has 0 saturated heterocycles. The number of carbonyl (C=O) groups excluding carboxylic acids is 1. The molecule has 0 rings (SSSR count). The van der Waals surface area contributed by atoms with Crippen LogP contribution in [0.15, 0.2) is 4.99 Å². The third-order valence-corrected chi connectivity index (χ3v) is 2.40. The van der Waals surface area contributed by atoms with Gasteiger partial charge in [-0.1, -0.05) is 13.8 Å². The SMILES string of the molecule is CCNC(=NCC(C)C)NCCN(C)C(=O)OC(C)(C)C.I. The molecule has 132 valence electrons. The lowest BCUT2D eigenvalue weighted by molar-refractivity contribution is 0.0302. The van der Waals surface area contributed by atoms with E-state index in [2.05, 4.69) is 29.5 Å². The molecule has 0 aliphatic heterocycles. The number of nitrogens with zero attached hydrogens (tertiary/aromatic N) is 2. The fraction of sp³-hybridized carbons (Fsp3) is 0.867. The molecule has 2 N–H and O–H groups in total. The summed E-state index contributed by atoms with van der Waals surface area (Å²) in [5, 5.41) is 6.40. The molecule has 0 fully saturated rings. The van der Waals surface area contributed by atoms with Crippen LogP contribution in [0.25, 0.3) is 0 Å². The molecule has 6 nitrogen and oxygen atoms in total. The second-order valence-electron chi connectivity index (χ2n) is 6.44. The van der Waals surface area contributed by atoms with Gasteiger partial charge >= 0.3 is 6.09 Å². The number of rotatable bonds is 6. The molecule has 0 aromatic heterocycles. The van der Waals surface area contributed by atoms with Crippen molar-refractivity contribution in [2.45, 2.75) is 47.1 Å². The standard InChI is InChI=1S/C15H32N4O2.HI/c1-8-16-13(18-11-12(2)3)17-9-10-19(7)14(20)21-15(4,5)6;/h12H,8-11H2,1-7H3,(H2,16,17,18);1H. The van der Waals surface area contributed by atoms with E-state index < -0.39 is 5.60 Å². The van der Waals surface area contributed by atoms with Gasteiger partial charge < -0.3 is 20.3 Å². The summed E-state index contributed by atoms with van der Waals surface area (Å²) in [4.78, 5) is 17.8. The van der Waals surface area contributed by atoms with E-state index in [0.29, 0.717) is 19.0 Å². The molecule has 0 aromatic rings. The highest BCUT2D eigenvalue weighted by Gasteiger charge is 2.19. The van der Waals surface area contributed by atoms with Crippen molar-refractivity contribution in [3.05, 3.63) is 0 Å². The Labute approximate surface area is 152 Å². The molecule has 1 amide bonds. The largest absolute Gasteiger partial charge is 0.444 e. The van der Waals surface area contributed by atoms with Crippen LogP contribution >= 0.6 is 24.0 Å². The van der Waals surface area contributed by atoms with Crippen molar-refractivity contribution < 1.29 is 9.53 Å². The highest BCUT2D eigenvalue weighted by Crippen LogP contribution is 2.08. The Morgan fingerprint density at radius 1 is 1.27 bits per heavy atom. The Balaban J connectivity index is 0. The van der Waals surface area contributed by atoms with Crippen LogP contribution in [0.1, 0.15) is 41.5 Å². The van der Waals surface area contributed by atoms with Gasteiger partial charge in [0.05, 0.1) is 0 Å². The zero-order valence-electron chi connectivity index (χ0n) is 15.0. The number of likely N-dealkylation sites (N-methyl/N-ethyl adjacent to an activating group) is 1. The van der Waals surface area contributed by atoms with Crippen molar-refractivity contribution in [2.75, 3.05) is 33.2 Å². The number of amides is 1. The molecule has 0 radical (unpaired) electrons. The van der Waals surface area contributed by atoms with Crippen LogP contribution in [0.2, 0.25) is 0 Å². The highest BCUT2D eigenvalue weighted by atomic mass is 127. The molecular formula is C15H33IN4O2. The van der Waals surface area contributed by atoms with Gasteiger partial charge in [-0.15, -0.1) is 24.0 Å².